The van der Waals surface area contributed by atoms with Crippen molar-refractivity contribution in [3.8, 4) is 0 Å². The Labute approximate surface area is 95.4 Å². The van der Waals surface area contributed by atoms with Crippen molar-refractivity contribution in [2.45, 2.75) is 13.2 Å². The average molecular weight is 213 g/mol. The molecule has 0 amide bonds. The number of benzene rings is 2. The predicted octanol–water partition coefficient (Wildman–Crippen LogP) is 2.94. The number of hydrogen-bond donors (Lipinski definition) is 0. The van der Waals surface area contributed by atoms with Gasteiger partial charge in [0.05, 0.1) is 13.2 Å². The zero-order chi connectivity index (χ0) is 11.1. The number of nitrogens with zero attached hydrogens (tertiary/aromatic N) is 1. The van der Waals surface area contributed by atoms with Crippen LogP contribution >= 0.6 is 0 Å². The third-order valence-corrected chi connectivity index (χ3v) is 3.19. The highest BCUT2D eigenvalue weighted by molar-refractivity contribution is 5.98. The predicted molar refractivity (Wildman–Crippen MR) is 66.8 cm³/mol. The summed E-state index contributed by atoms with van der Waals surface area (Å²) in [6.07, 6.45) is 0. The molecule has 0 aliphatic carbocycles. The molecular weight excluding hydrogens is 198 g/mol. The largest absolute Gasteiger partial charge is 0.377 e. The summed E-state index contributed by atoms with van der Waals surface area (Å²) in [5, 5.41) is 2.73. The highest BCUT2D eigenvalue weighted by Crippen LogP contribution is 2.34. The van der Waals surface area contributed by atoms with Gasteiger partial charge < -0.3 is 9.64 Å². The molecule has 0 atom stereocenters. The van der Waals surface area contributed by atoms with Gasteiger partial charge in [0.15, 0.2) is 0 Å². The van der Waals surface area contributed by atoms with Crippen molar-refractivity contribution in [3.05, 3.63) is 41.5 Å². The summed E-state index contributed by atoms with van der Waals surface area (Å²) in [5.41, 5.74) is 3.90. The zero-order valence-electron chi connectivity index (χ0n) is 9.66. The van der Waals surface area contributed by atoms with Gasteiger partial charge in [0, 0.05) is 25.2 Å². The molecule has 0 N–H and O–H groups in total. The van der Waals surface area contributed by atoms with Crippen molar-refractivity contribution in [2.75, 3.05) is 19.0 Å². The van der Waals surface area contributed by atoms with Gasteiger partial charge in [-0.1, -0.05) is 24.3 Å². The molecule has 0 saturated heterocycles. The molecule has 0 spiro atoms. The van der Waals surface area contributed by atoms with Crippen LogP contribution in [0.1, 0.15) is 11.1 Å². The molecule has 0 saturated carbocycles. The fourth-order valence-electron chi connectivity index (χ4n) is 2.45. The van der Waals surface area contributed by atoms with E-state index in [-0.39, 0.29) is 0 Å². The molecule has 1 aliphatic rings. The maximum atomic E-state index is 5.57. The van der Waals surface area contributed by atoms with E-state index >= 15 is 0 Å². The van der Waals surface area contributed by atoms with Crippen LogP contribution in [0.4, 0.5) is 5.69 Å². The molecule has 1 heterocycles. The van der Waals surface area contributed by atoms with Gasteiger partial charge in [-0.25, -0.2) is 0 Å². The third-order valence-electron chi connectivity index (χ3n) is 3.19. The number of rotatable bonds is 1. The molecule has 3 rings (SSSR count). The molecule has 2 aromatic carbocycles. The second-order valence-corrected chi connectivity index (χ2v) is 4.47. The second kappa shape index (κ2) is 3.49. The molecule has 0 aromatic heterocycles. The van der Waals surface area contributed by atoms with E-state index in [1.165, 1.54) is 27.6 Å². The Balaban J connectivity index is 2.40. The molecule has 82 valence electrons. The van der Waals surface area contributed by atoms with Gasteiger partial charge in [0.25, 0.3) is 0 Å². The molecule has 1 aliphatic heterocycles. The maximum Gasteiger partial charge on any atom is 0.0727 e. The van der Waals surface area contributed by atoms with Crippen LogP contribution in [0.5, 0.6) is 0 Å². The summed E-state index contributed by atoms with van der Waals surface area (Å²) in [6, 6.07) is 10.8. The van der Waals surface area contributed by atoms with E-state index in [2.05, 4.69) is 49.3 Å². The summed E-state index contributed by atoms with van der Waals surface area (Å²) in [6.45, 7) is 1.47. The fourth-order valence-corrected chi connectivity index (χ4v) is 2.45. The van der Waals surface area contributed by atoms with Gasteiger partial charge in [0.1, 0.15) is 0 Å². The second-order valence-electron chi connectivity index (χ2n) is 4.47. The average Bonchev–Trinajstić information content (AvgIpc) is 2.30. The van der Waals surface area contributed by atoms with Crippen molar-refractivity contribution in [3.63, 3.8) is 0 Å². The minimum absolute atomic E-state index is 0.737. The van der Waals surface area contributed by atoms with E-state index in [1.807, 2.05) is 0 Å². The summed E-state index contributed by atoms with van der Waals surface area (Å²) < 4.78 is 5.57. The molecule has 0 fully saturated rings. The molecule has 0 radical (unpaired) electrons. The Morgan fingerprint density at radius 3 is 2.50 bits per heavy atom. The quantitative estimate of drug-likeness (QED) is 0.722. The monoisotopic (exact) mass is 213 g/mol. The van der Waals surface area contributed by atoms with Gasteiger partial charge in [0.2, 0.25) is 0 Å². The molecular formula is C14H15NO. The molecule has 2 heteroatoms. The lowest BCUT2D eigenvalue weighted by Gasteiger charge is -2.22. The minimum atomic E-state index is 0.737. The van der Waals surface area contributed by atoms with Crippen LogP contribution in [0.15, 0.2) is 30.3 Å². The zero-order valence-corrected chi connectivity index (χ0v) is 9.66. The van der Waals surface area contributed by atoms with Crippen LogP contribution < -0.4 is 4.90 Å². The van der Waals surface area contributed by atoms with E-state index in [0.717, 1.165) is 13.2 Å². The molecule has 2 aromatic rings. The summed E-state index contributed by atoms with van der Waals surface area (Å²) in [5.74, 6) is 0. The smallest absolute Gasteiger partial charge is 0.0727 e. The first-order chi connectivity index (χ1) is 7.77. The van der Waals surface area contributed by atoms with Crippen LogP contribution in [0, 0.1) is 0 Å². The van der Waals surface area contributed by atoms with Crippen LogP contribution in [-0.2, 0) is 18.0 Å². The minimum Gasteiger partial charge on any atom is -0.377 e. The lowest BCUT2D eigenvalue weighted by Crippen LogP contribution is -2.11. The van der Waals surface area contributed by atoms with E-state index in [4.69, 9.17) is 4.74 Å². The molecule has 2 nitrogen and oxygen atoms in total. The number of anilines is 1. The van der Waals surface area contributed by atoms with Crippen LogP contribution in [0.25, 0.3) is 10.8 Å². The standard InChI is InChI=1S/C14H15NO/c1-15(2)13-7-6-11-9-16-8-10-4-3-5-12(13)14(10)11/h3-7H,8-9H2,1-2H3. The Bertz CT molecular complexity index is 535. The molecule has 0 unspecified atom stereocenters. The summed E-state index contributed by atoms with van der Waals surface area (Å²) in [4.78, 5) is 2.17. The Hall–Kier alpha value is -1.54. The SMILES string of the molecule is CN(C)c1ccc2c3c(cccc13)COC2. The van der Waals surface area contributed by atoms with Crippen molar-refractivity contribution in [1.29, 1.82) is 0 Å². The Morgan fingerprint density at radius 2 is 1.75 bits per heavy atom. The first-order valence-electron chi connectivity index (χ1n) is 5.56. The van der Waals surface area contributed by atoms with Crippen LogP contribution in [0.3, 0.4) is 0 Å². The number of ether oxygens (including phenoxy) is 1. The lowest BCUT2D eigenvalue weighted by molar-refractivity contribution is 0.103. The Morgan fingerprint density at radius 1 is 1.00 bits per heavy atom. The highest BCUT2D eigenvalue weighted by Gasteiger charge is 2.14. The summed E-state index contributed by atoms with van der Waals surface area (Å²) in [7, 11) is 4.17. The Kier molecular flexibility index (Phi) is 2.11. The molecule has 16 heavy (non-hydrogen) atoms. The first-order valence-corrected chi connectivity index (χ1v) is 5.56. The summed E-state index contributed by atoms with van der Waals surface area (Å²) >= 11 is 0. The molecule has 0 bridgehead atoms. The fraction of sp³-hybridized carbons (Fsp3) is 0.286. The number of hydrogen-bond acceptors (Lipinski definition) is 2. The van der Waals surface area contributed by atoms with Gasteiger partial charge >= 0.3 is 0 Å². The van der Waals surface area contributed by atoms with Gasteiger partial charge in [-0.15, -0.1) is 0 Å². The first kappa shape index (κ1) is 9.67. The van der Waals surface area contributed by atoms with Crippen molar-refractivity contribution in [2.24, 2.45) is 0 Å². The van der Waals surface area contributed by atoms with E-state index in [0.29, 0.717) is 0 Å². The maximum absolute atomic E-state index is 5.57. The topological polar surface area (TPSA) is 12.5 Å². The van der Waals surface area contributed by atoms with Gasteiger partial charge in [-0.2, -0.15) is 0 Å². The normalized spacial score (nSPS) is 14.1. The van der Waals surface area contributed by atoms with Crippen molar-refractivity contribution >= 4 is 16.5 Å². The highest BCUT2D eigenvalue weighted by atomic mass is 16.5. The van der Waals surface area contributed by atoms with E-state index < -0.39 is 0 Å². The van der Waals surface area contributed by atoms with Crippen LogP contribution in [-0.4, -0.2) is 14.1 Å². The van der Waals surface area contributed by atoms with Gasteiger partial charge in [-0.3, -0.25) is 0 Å². The van der Waals surface area contributed by atoms with E-state index in [1.54, 1.807) is 0 Å². The van der Waals surface area contributed by atoms with Crippen molar-refractivity contribution in [1.82, 2.24) is 0 Å². The van der Waals surface area contributed by atoms with Crippen molar-refractivity contribution < 1.29 is 4.74 Å². The van der Waals surface area contributed by atoms with Gasteiger partial charge in [-0.05, 0) is 22.6 Å². The van der Waals surface area contributed by atoms with E-state index in [9.17, 15) is 0 Å². The van der Waals surface area contributed by atoms with Crippen LogP contribution in [0.2, 0.25) is 0 Å². The third kappa shape index (κ3) is 1.30. The lowest BCUT2D eigenvalue weighted by atomic mass is 9.96.